The minimum Gasteiger partial charge on any atom is -0.450 e. The quantitative estimate of drug-likeness (QED) is 0.774. The highest BCUT2D eigenvalue weighted by Gasteiger charge is 2.36. The van der Waals surface area contributed by atoms with E-state index in [2.05, 4.69) is 0 Å². The molecule has 0 bridgehead atoms. The number of rotatable bonds is 5. The number of carbonyl (C=O) groups excluding carboxylic acids is 1. The van der Waals surface area contributed by atoms with Crippen molar-refractivity contribution >= 4 is 6.09 Å². The van der Waals surface area contributed by atoms with Crippen LogP contribution in [0.3, 0.4) is 0 Å². The summed E-state index contributed by atoms with van der Waals surface area (Å²) in [5, 5.41) is 0. The molecule has 1 fully saturated rings. The third kappa shape index (κ3) is 5.77. The predicted molar refractivity (Wildman–Crippen MR) is 76.6 cm³/mol. The van der Waals surface area contributed by atoms with Gasteiger partial charge >= 0.3 is 6.09 Å². The SMILES string of the molecule is CCOC(=O)N(C1CCC(OCC(F)F)CC1)C(C)(C)C. The first-order valence-corrected chi connectivity index (χ1v) is 7.61. The Morgan fingerprint density at radius 3 is 2.24 bits per heavy atom. The van der Waals surface area contributed by atoms with Gasteiger partial charge in [-0.2, -0.15) is 0 Å². The lowest BCUT2D eigenvalue weighted by atomic mass is 9.89. The van der Waals surface area contributed by atoms with Gasteiger partial charge in [0.1, 0.15) is 6.61 Å². The molecule has 1 aliphatic rings. The normalized spacial score (nSPS) is 23.2. The first-order valence-electron chi connectivity index (χ1n) is 7.61. The van der Waals surface area contributed by atoms with E-state index in [-0.39, 0.29) is 23.8 Å². The van der Waals surface area contributed by atoms with Crippen molar-refractivity contribution in [3.8, 4) is 0 Å². The van der Waals surface area contributed by atoms with E-state index in [0.717, 1.165) is 12.8 Å². The summed E-state index contributed by atoms with van der Waals surface area (Å²) in [6, 6.07) is 0.0791. The largest absolute Gasteiger partial charge is 0.450 e. The molecule has 1 saturated carbocycles. The summed E-state index contributed by atoms with van der Waals surface area (Å²) in [4.78, 5) is 13.9. The molecule has 0 heterocycles. The van der Waals surface area contributed by atoms with Crippen molar-refractivity contribution in [2.24, 2.45) is 0 Å². The number of alkyl halides is 2. The molecule has 0 radical (unpaired) electrons. The molecule has 0 spiro atoms. The highest BCUT2D eigenvalue weighted by molar-refractivity contribution is 5.69. The summed E-state index contributed by atoms with van der Waals surface area (Å²) < 4.78 is 34.6. The fourth-order valence-corrected chi connectivity index (χ4v) is 2.84. The molecule has 0 atom stereocenters. The molecule has 21 heavy (non-hydrogen) atoms. The van der Waals surface area contributed by atoms with E-state index in [4.69, 9.17) is 9.47 Å². The number of ether oxygens (including phenoxy) is 2. The monoisotopic (exact) mass is 307 g/mol. The minimum atomic E-state index is -2.42. The topological polar surface area (TPSA) is 38.8 Å². The van der Waals surface area contributed by atoms with E-state index in [9.17, 15) is 13.6 Å². The summed E-state index contributed by atoms with van der Waals surface area (Å²) >= 11 is 0. The fraction of sp³-hybridized carbons (Fsp3) is 0.933. The van der Waals surface area contributed by atoms with Crippen LogP contribution in [0, 0.1) is 0 Å². The Balaban J connectivity index is 2.57. The molecular formula is C15H27F2NO3. The number of hydrogen-bond donors (Lipinski definition) is 0. The van der Waals surface area contributed by atoms with Gasteiger partial charge in [0.2, 0.25) is 0 Å². The van der Waals surface area contributed by atoms with E-state index in [1.54, 1.807) is 11.8 Å². The molecule has 0 aliphatic heterocycles. The van der Waals surface area contributed by atoms with Crippen molar-refractivity contribution in [2.45, 2.75) is 77.5 Å². The van der Waals surface area contributed by atoms with Crippen LogP contribution in [-0.4, -0.2) is 48.3 Å². The molecule has 1 amide bonds. The Kier molecular flexibility index (Phi) is 6.84. The molecule has 6 heteroatoms. The van der Waals surface area contributed by atoms with Crippen LogP contribution < -0.4 is 0 Å². The highest BCUT2D eigenvalue weighted by Crippen LogP contribution is 2.30. The summed E-state index contributed by atoms with van der Waals surface area (Å²) in [6.45, 7) is 7.55. The molecule has 0 aromatic heterocycles. The molecule has 0 aromatic rings. The zero-order valence-electron chi connectivity index (χ0n) is 13.4. The van der Waals surface area contributed by atoms with E-state index < -0.39 is 13.0 Å². The van der Waals surface area contributed by atoms with Crippen LogP contribution in [0.1, 0.15) is 53.4 Å². The average Bonchev–Trinajstić information content (AvgIpc) is 2.36. The van der Waals surface area contributed by atoms with Crippen LogP contribution in [0.4, 0.5) is 13.6 Å². The van der Waals surface area contributed by atoms with Gasteiger partial charge in [0.25, 0.3) is 6.43 Å². The zero-order valence-corrected chi connectivity index (χ0v) is 13.4. The molecular weight excluding hydrogens is 280 g/mol. The van der Waals surface area contributed by atoms with Crippen molar-refractivity contribution < 1.29 is 23.0 Å². The Hall–Kier alpha value is -0.910. The summed E-state index contributed by atoms with van der Waals surface area (Å²) in [5.74, 6) is 0. The predicted octanol–water partition coefficient (Wildman–Crippen LogP) is 3.84. The average molecular weight is 307 g/mol. The van der Waals surface area contributed by atoms with Crippen molar-refractivity contribution in [1.29, 1.82) is 0 Å². The van der Waals surface area contributed by atoms with Gasteiger partial charge in [-0.15, -0.1) is 0 Å². The summed E-state index contributed by atoms with van der Waals surface area (Å²) in [5.41, 5.74) is -0.326. The number of nitrogens with zero attached hydrogens (tertiary/aromatic N) is 1. The summed E-state index contributed by atoms with van der Waals surface area (Å²) in [7, 11) is 0. The van der Waals surface area contributed by atoms with Gasteiger partial charge in [-0.1, -0.05) is 0 Å². The third-order valence-electron chi connectivity index (χ3n) is 3.65. The number of carbonyl (C=O) groups is 1. The Labute approximate surface area is 125 Å². The highest BCUT2D eigenvalue weighted by atomic mass is 19.3. The van der Waals surface area contributed by atoms with Crippen LogP contribution in [0.25, 0.3) is 0 Å². The Bertz CT molecular complexity index is 323. The maximum atomic E-state index is 12.2. The van der Waals surface area contributed by atoms with Crippen LogP contribution in [0.2, 0.25) is 0 Å². The second-order valence-corrected chi connectivity index (χ2v) is 6.39. The van der Waals surface area contributed by atoms with E-state index >= 15 is 0 Å². The van der Waals surface area contributed by atoms with Crippen LogP contribution in [0.5, 0.6) is 0 Å². The van der Waals surface area contributed by atoms with Crippen LogP contribution in [0.15, 0.2) is 0 Å². The zero-order chi connectivity index (χ0) is 16.0. The smallest absolute Gasteiger partial charge is 0.410 e. The number of hydrogen-bond acceptors (Lipinski definition) is 3. The van der Waals surface area contributed by atoms with Gasteiger partial charge in [-0.25, -0.2) is 13.6 Å². The molecule has 4 nitrogen and oxygen atoms in total. The second kappa shape index (κ2) is 7.92. The van der Waals surface area contributed by atoms with Crippen molar-refractivity contribution in [3.05, 3.63) is 0 Å². The van der Waals surface area contributed by atoms with Crippen LogP contribution in [-0.2, 0) is 9.47 Å². The standard InChI is InChI=1S/C15H27F2NO3/c1-5-20-14(19)18(15(2,3)4)11-6-8-12(9-7-11)21-10-13(16)17/h11-13H,5-10H2,1-4H3. The Morgan fingerprint density at radius 2 is 1.81 bits per heavy atom. The minimum absolute atomic E-state index is 0.0791. The van der Waals surface area contributed by atoms with Gasteiger partial charge in [-0.05, 0) is 53.4 Å². The van der Waals surface area contributed by atoms with Gasteiger partial charge < -0.3 is 14.4 Å². The lowest BCUT2D eigenvalue weighted by molar-refractivity contribution is -0.0500. The molecule has 1 aliphatic carbocycles. The first-order chi connectivity index (χ1) is 9.75. The summed E-state index contributed by atoms with van der Waals surface area (Å²) in [6.07, 6.45) is 0.0512. The van der Waals surface area contributed by atoms with Crippen molar-refractivity contribution in [2.75, 3.05) is 13.2 Å². The van der Waals surface area contributed by atoms with Gasteiger partial charge in [0.15, 0.2) is 0 Å². The fourth-order valence-electron chi connectivity index (χ4n) is 2.84. The van der Waals surface area contributed by atoms with E-state index in [1.165, 1.54) is 0 Å². The molecule has 0 unspecified atom stereocenters. The lowest BCUT2D eigenvalue weighted by Gasteiger charge is -2.43. The van der Waals surface area contributed by atoms with E-state index in [1.807, 2.05) is 20.8 Å². The van der Waals surface area contributed by atoms with Crippen molar-refractivity contribution in [1.82, 2.24) is 4.90 Å². The maximum Gasteiger partial charge on any atom is 0.410 e. The molecule has 1 rings (SSSR count). The van der Waals surface area contributed by atoms with Gasteiger partial charge in [0.05, 0.1) is 12.7 Å². The number of halogens is 2. The third-order valence-corrected chi connectivity index (χ3v) is 3.65. The Morgan fingerprint density at radius 1 is 1.24 bits per heavy atom. The van der Waals surface area contributed by atoms with Gasteiger partial charge in [0, 0.05) is 11.6 Å². The van der Waals surface area contributed by atoms with Crippen molar-refractivity contribution in [3.63, 3.8) is 0 Å². The first kappa shape index (κ1) is 18.1. The lowest BCUT2D eigenvalue weighted by Crippen LogP contribution is -2.53. The number of amides is 1. The molecule has 0 aromatic carbocycles. The molecule has 0 saturated heterocycles. The van der Waals surface area contributed by atoms with Gasteiger partial charge in [-0.3, -0.25) is 0 Å². The van der Waals surface area contributed by atoms with Crippen LogP contribution >= 0.6 is 0 Å². The maximum absolute atomic E-state index is 12.2. The molecule has 124 valence electrons. The van der Waals surface area contributed by atoms with E-state index in [0.29, 0.717) is 19.4 Å². The second-order valence-electron chi connectivity index (χ2n) is 6.39. The molecule has 0 N–H and O–H groups in total.